The van der Waals surface area contributed by atoms with E-state index >= 15 is 0 Å². The van der Waals surface area contributed by atoms with E-state index in [2.05, 4.69) is 0 Å². The Balaban J connectivity index is 2.10. The van der Waals surface area contributed by atoms with Gasteiger partial charge in [-0.2, -0.15) is 0 Å². The molecule has 0 radical (unpaired) electrons. The number of hydrogen-bond acceptors (Lipinski definition) is 6. The van der Waals surface area contributed by atoms with Crippen LogP contribution in [0.4, 0.5) is 0 Å². The van der Waals surface area contributed by atoms with Gasteiger partial charge in [0.2, 0.25) is 0 Å². The van der Waals surface area contributed by atoms with Gasteiger partial charge in [-0.05, 0) is 42.0 Å². The van der Waals surface area contributed by atoms with Gasteiger partial charge in [0, 0.05) is 0 Å². The van der Waals surface area contributed by atoms with Crippen LogP contribution in [0.25, 0.3) is 0 Å². The van der Waals surface area contributed by atoms with Crippen molar-refractivity contribution >= 4 is 0 Å². The first-order chi connectivity index (χ1) is 12.2. The molecule has 0 amide bonds. The van der Waals surface area contributed by atoms with Crippen LogP contribution in [0.15, 0.2) is 51.3 Å². The third kappa shape index (κ3) is 3.40. The summed E-state index contributed by atoms with van der Waals surface area (Å²) < 4.78 is 22.5. The van der Waals surface area contributed by atoms with Crippen molar-refractivity contribution in [2.45, 2.75) is 19.0 Å². The van der Waals surface area contributed by atoms with Crippen molar-refractivity contribution in [3.8, 4) is 11.5 Å². The van der Waals surface area contributed by atoms with Crippen LogP contribution < -0.4 is 20.9 Å². The number of rotatable bonds is 7. The molecular weight excluding hydrogens is 320 g/mol. The van der Waals surface area contributed by atoms with Crippen LogP contribution >= 0.6 is 0 Å². The van der Waals surface area contributed by atoms with Crippen LogP contribution in [0.3, 0.4) is 0 Å². The highest BCUT2D eigenvalue weighted by Crippen LogP contribution is 2.38. The first kappa shape index (κ1) is 17.1. The van der Waals surface area contributed by atoms with Gasteiger partial charge in [-0.25, -0.2) is 0 Å². The van der Waals surface area contributed by atoms with Crippen molar-refractivity contribution in [1.82, 2.24) is 0 Å². The van der Waals surface area contributed by atoms with Gasteiger partial charge in [0.15, 0.2) is 11.5 Å². The van der Waals surface area contributed by atoms with E-state index in [0.717, 1.165) is 17.1 Å². The van der Waals surface area contributed by atoms with Crippen LogP contribution in [-0.2, 0) is 13.1 Å². The summed E-state index contributed by atoms with van der Waals surface area (Å²) in [5.74, 6) is 3.98. The van der Waals surface area contributed by atoms with Crippen molar-refractivity contribution in [1.29, 1.82) is 0 Å². The normalized spacial score (nSPS) is 11.1. The van der Waals surface area contributed by atoms with Crippen LogP contribution in [0.1, 0.15) is 34.5 Å². The topological polar surface area (TPSA) is 96.8 Å². The number of ether oxygens (including phenoxy) is 2. The zero-order valence-electron chi connectivity index (χ0n) is 14.3. The molecular formula is C19H22N2O4. The zero-order valence-corrected chi connectivity index (χ0v) is 14.3. The highest BCUT2D eigenvalue weighted by Gasteiger charge is 2.25. The number of methoxy groups -OCH3 is 2. The lowest BCUT2D eigenvalue weighted by atomic mass is 9.93. The fourth-order valence-corrected chi connectivity index (χ4v) is 2.82. The molecule has 0 atom stereocenters. The molecule has 132 valence electrons. The second-order valence-corrected chi connectivity index (χ2v) is 5.56. The third-order valence-corrected chi connectivity index (χ3v) is 4.08. The predicted molar refractivity (Wildman–Crippen MR) is 93.7 cm³/mol. The summed E-state index contributed by atoms with van der Waals surface area (Å²) in [5, 5.41) is 0. The Morgan fingerprint density at radius 1 is 0.800 bits per heavy atom. The summed E-state index contributed by atoms with van der Waals surface area (Å²) in [6.07, 6.45) is 0. The summed E-state index contributed by atoms with van der Waals surface area (Å²) in [6.45, 7) is 0.676. The number of nitrogens with two attached hydrogens (primary N) is 2. The highest BCUT2D eigenvalue weighted by molar-refractivity contribution is 5.47. The van der Waals surface area contributed by atoms with E-state index in [-0.39, 0.29) is 5.92 Å². The average molecular weight is 342 g/mol. The summed E-state index contributed by atoms with van der Waals surface area (Å²) in [5.41, 5.74) is 12.3. The van der Waals surface area contributed by atoms with Crippen molar-refractivity contribution in [2.75, 3.05) is 14.2 Å². The standard InChI is InChI=1S/C19H22N2O4/c1-22-15-6-3-12(9-18(15)23-2)19(16-7-4-13(10-20)24-16)17-8-5-14(11-21)25-17/h3-9,19H,10-11,20-21H2,1-2H3. The van der Waals surface area contributed by atoms with Crippen LogP contribution in [-0.4, -0.2) is 14.2 Å². The van der Waals surface area contributed by atoms with Gasteiger partial charge in [-0.3, -0.25) is 0 Å². The van der Waals surface area contributed by atoms with Crippen LogP contribution in [0, 0.1) is 0 Å². The molecule has 0 aliphatic rings. The zero-order chi connectivity index (χ0) is 17.8. The van der Waals surface area contributed by atoms with E-state index in [4.69, 9.17) is 29.8 Å². The second kappa shape index (κ2) is 7.46. The number of hydrogen-bond donors (Lipinski definition) is 2. The van der Waals surface area contributed by atoms with Crippen molar-refractivity contribution in [3.63, 3.8) is 0 Å². The van der Waals surface area contributed by atoms with Gasteiger partial charge in [-0.1, -0.05) is 6.07 Å². The Morgan fingerprint density at radius 3 is 1.80 bits per heavy atom. The summed E-state index contributed by atoms with van der Waals surface area (Å²) >= 11 is 0. The maximum absolute atomic E-state index is 5.89. The van der Waals surface area contributed by atoms with E-state index in [0.29, 0.717) is 36.1 Å². The number of furan rings is 2. The molecule has 0 spiro atoms. The molecule has 0 saturated heterocycles. The van der Waals surface area contributed by atoms with Gasteiger partial charge < -0.3 is 29.8 Å². The van der Waals surface area contributed by atoms with Crippen molar-refractivity contribution < 1.29 is 18.3 Å². The fourth-order valence-electron chi connectivity index (χ4n) is 2.82. The van der Waals surface area contributed by atoms with Gasteiger partial charge in [-0.15, -0.1) is 0 Å². The van der Waals surface area contributed by atoms with Gasteiger partial charge in [0.05, 0.1) is 27.3 Å². The van der Waals surface area contributed by atoms with Crippen LogP contribution in [0.2, 0.25) is 0 Å². The van der Waals surface area contributed by atoms with E-state index in [1.165, 1.54) is 0 Å². The first-order valence-electron chi connectivity index (χ1n) is 7.99. The molecule has 25 heavy (non-hydrogen) atoms. The quantitative estimate of drug-likeness (QED) is 0.685. The molecule has 3 rings (SSSR count). The SMILES string of the molecule is COc1ccc(C(c2ccc(CN)o2)c2ccc(CN)o2)cc1OC. The molecule has 2 heterocycles. The van der Waals surface area contributed by atoms with Crippen molar-refractivity contribution in [3.05, 3.63) is 71.1 Å². The summed E-state index contributed by atoms with van der Waals surface area (Å²) in [4.78, 5) is 0. The molecule has 2 aromatic heterocycles. The van der Waals surface area contributed by atoms with Gasteiger partial charge in [0.25, 0.3) is 0 Å². The first-order valence-corrected chi connectivity index (χ1v) is 7.99. The predicted octanol–water partition coefficient (Wildman–Crippen LogP) is 2.99. The van der Waals surface area contributed by atoms with Gasteiger partial charge >= 0.3 is 0 Å². The number of benzene rings is 1. The highest BCUT2D eigenvalue weighted by atomic mass is 16.5. The molecule has 0 fully saturated rings. The summed E-state index contributed by atoms with van der Waals surface area (Å²) in [6, 6.07) is 13.3. The van der Waals surface area contributed by atoms with E-state index in [9.17, 15) is 0 Å². The minimum Gasteiger partial charge on any atom is -0.493 e. The Hall–Kier alpha value is -2.70. The molecule has 6 heteroatoms. The van der Waals surface area contributed by atoms with Crippen LogP contribution in [0.5, 0.6) is 11.5 Å². The molecule has 1 aromatic carbocycles. The Labute approximate surface area is 146 Å². The lowest BCUT2D eigenvalue weighted by Crippen LogP contribution is -2.03. The molecule has 0 saturated carbocycles. The molecule has 3 aromatic rings. The Kier molecular flexibility index (Phi) is 5.11. The third-order valence-electron chi connectivity index (χ3n) is 4.08. The Morgan fingerprint density at radius 2 is 1.36 bits per heavy atom. The lowest BCUT2D eigenvalue weighted by Gasteiger charge is -2.16. The maximum Gasteiger partial charge on any atom is 0.161 e. The molecule has 6 nitrogen and oxygen atoms in total. The largest absolute Gasteiger partial charge is 0.493 e. The van der Waals surface area contributed by atoms with E-state index in [1.54, 1.807) is 14.2 Å². The van der Waals surface area contributed by atoms with Crippen molar-refractivity contribution in [2.24, 2.45) is 11.5 Å². The molecule has 0 unspecified atom stereocenters. The lowest BCUT2D eigenvalue weighted by molar-refractivity contribution is 0.353. The monoisotopic (exact) mass is 342 g/mol. The molecule has 4 N–H and O–H groups in total. The van der Waals surface area contributed by atoms with Gasteiger partial charge in [0.1, 0.15) is 29.0 Å². The maximum atomic E-state index is 5.89. The Bertz CT molecular complexity index is 795. The van der Waals surface area contributed by atoms with E-state index < -0.39 is 0 Å². The minimum absolute atomic E-state index is 0.236. The molecule has 0 aliphatic carbocycles. The fraction of sp³-hybridized carbons (Fsp3) is 0.263. The average Bonchev–Trinajstić information content (AvgIpc) is 3.31. The van der Waals surface area contributed by atoms with E-state index in [1.807, 2.05) is 42.5 Å². The molecule has 0 aliphatic heterocycles. The summed E-state index contributed by atoms with van der Waals surface area (Å²) in [7, 11) is 3.21. The molecule has 0 bridgehead atoms. The minimum atomic E-state index is -0.236. The smallest absolute Gasteiger partial charge is 0.161 e. The second-order valence-electron chi connectivity index (χ2n) is 5.56.